The molecule has 0 radical (unpaired) electrons. The van der Waals surface area contributed by atoms with Crippen LogP contribution in [0, 0.1) is 5.92 Å². The van der Waals surface area contributed by atoms with Crippen molar-refractivity contribution in [2.75, 3.05) is 19.6 Å². The van der Waals surface area contributed by atoms with Gasteiger partial charge in [-0.05, 0) is 25.7 Å². The molecule has 1 saturated heterocycles. The third-order valence-corrected chi connectivity index (χ3v) is 3.90. The zero-order chi connectivity index (χ0) is 15.2. The highest BCUT2D eigenvalue weighted by Gasteiger charge is 2.27. The Bertz CT molecular complexity index is 488. The van der Waals surface area contributed by atoms with Crippen molar-refractivity contribution in [1.29, 1.82) is 0 Å². The number of aliphatic carboxylic acids is 1. The monoisotopic (exact) mass is 292 g/mol. The summed E-state index contributed by atoms with van der Waals surface area (Å²) < 4.78 is 0. The number of hydrogen-bond donors (Lipinski definition) is 2. The molecule has 0 unspecified atom stereocenters. The number of carboxylic acids is 1. The Balaban J connectivity index is 1.75. The number of carboxylic acid groups (broad SMARTS) is 1. The van der Waals surface area contributed by atoms with Crippen molar-refractivity contribution in [3.63, 3.8) is 0 Å². The first-order chi connectivity index (χ1) is 10.1. The Morgan fingerprint density at radius 1 is 1.29 bits per heavy atom. The van der Waals surface area contributed by atoms with Gasteiger partial charge in [-0.25, -0.2) is 0 Å². The van der Waals surface area contributed by atoms with E-state index in [2.05, 4.69) is 5.32 Å². The Morgan fingerprint density at radius 2 is 2.00 bits per heavy atom. The van der Waals surface area contributed by atoms with E-state index in [-0.39, 0.29) is 24.3 Å². The number of carbonyl (C=O) groups is 3. The highest BCUT2D eigenvalue weighted by atomic mass is 16.4. The van der Waals surface area contributed by atoms with E-state index in [0.717, 1.165) is 6.42 Å². The molecular formula is C15H20N2O4. The first-order valence-electron chi connectivity index (χ1n) is 7.22. The molecule has 0 saturated carbocycles. The number of amides is 2. The van der Waals surface area contributed by atoms with E-state index in [1.54, 1.807) is 11.0 Å². The zero-order valence-corrected chi connectivity index (χ0v) is 11.9. The van der Waals surface area contributed by atoms with Crippen LogP contribution in [0.4, 0.5) is 0 Å². The quantitative estimate of drug-likeness (QED) is 0.798. The van der Waals surface area contributed by atoms with Gasteiger partial charge in [-0.2, -0.15) is 0 Å². The molecule has 2 N–H and O–H groups in total. The summed E-state index contributed by atoms with van der Waals surface area (Å²) in [6.45, 7) is 0.853. The van der Waals surface area contributed by atoms with Gasteiger partial charge in [0.1, 0.15) is 0 Å². The molecule has 6 nitrogen and oxygen atoms in total. The third kappa shape index (κ3) is 4.18. The van der Waals surface area contributed by atoms with Crippen LogP contribution in [-0.4, -0.2) is 47.4 Å². The van der Waals surface area contributed by atoms with E-state index < -0.39 is 5.97 Å². The van der Waals surface area contributed by atoms with Crippen molar-refractivity contribution in [2.24, 2.45) is 5.92 Å². The first-order valence-corrected chi connectivity index (χ1v) is 7.22. The molecule has 0 aromatic carbocycles. The van der Waals surface area contributed by atoms with Crippen molar-refractivity contribution >= 4 is 17.8 Å². The minimum Gasteiger partial charge on any atom is -0.481 e. The summed E-state index contributed by atoms with van der Waals surface area (Å²) in [7, 11) is 0. The van der Waals surface area contributed by atoms with Crippen LogP contribution in [0.25, 0.3) is 0 Å². The minimum atomic E-state index is -0.798. The molecule has 0 atom stereocenters. The maximum atomic E-state index is 12.0. The molecule has 114 valence electrons. The highest BCUT2D eigenvalue weighted by molar-refractivity contribution is 5.96. The van der Waals surface area contributed by atoms with Crippen LogP contribution in [0.5, 0.6) is 0 Å². The van der Waals surface area contributed by atoms with Gasteiger partial charge in [0, 0.05) is 18.7 Å². The van der Waals surface area contributed by atoms with Gasteiger partial charge in [0.25, 0.3) is 0 Å². The van der Waals surface area contributed by atoms with Gasteiger partial charge in [-0.15, -0.1) is 0 Å². The van der Waals surface area contributed by atoms with Gasteiger partial charge >= 0.3 is 5.97 Å². The highest BCUT2D eigenvalue weighted by Crippen LogP contribution is 2.17. The fourth-order valence-electron chi connectivity index (χ4n) is 2.55. The second kappa shape index (κ2) is 7.06. The van der Waals surface area contributed by atoms with Gasteiger partial charge in [0.05, 0.1) is 12.5 Å². The molecule has 0 aromatic rings. The number of nitrogens with zero attached hydrogens (tertiary/aromatic N) is 1. The van der Waals surface area contributed by atoms with Gasteiger partial charge in [0.15, 0.2) is 0 Å². The SMILES string of the molecule is O=C(NCC(=O)N1CCC(C(=O)O)CC1)C1=CC=CCC1. The van der Waals surface area contributed by atoms with Crippen molar-refractivity contribution in [3.05, 3.63) is 23.8 Å². The van der Waals surface area contributed by atoms with Gasteiger partial charge in [-0.3, -0.25) is 14.4 Å². The molecule has 0 aromatic heterocycles. The number of piperidine rings is 1. The standard InChI is InChI=1S/C15H20N2O4/c18-13(17-8-6-12(7-9-17)15(20)21)10-16-14(19)11-4-2-1-3-5-11/h1-2,4,12H,3,5-10H2,(H,16,19)(H,20,21). The normalized spacial score (nSPS) is 19.0. The van der Waals surface area contributed by atoms with E-state index >= 15 is 0 Å². The molecule has 1 aliphatic heterocycles. The maximum absolute atomic E-state index is 12.0. The third-order valence-electron chi connectivity index (χ3n) is 3.90. The van der Waals surface area contributed by atoms with Crippen molar-refractivity contribution in [1.82, 2.24) is 10.2 Å². The summed E-state index contributed by atoms with van der Waals surface area (Å²) in [6.07, 6.45) is 8.10. The van der Waals surface area contributed by atoms with Crippen LogP contribution in [0.1, 0.15) is 25.7 Å². The predicted octanol–water partition coefficient (Wildman–Crippen LogP) is 0.702. The lowest BCUT2D eigenvalue weighted by Gasteiger charge is -2.30. The molecule has 1 heterocycles. The van der Waals surface area contributed by atoms with Crippen LogP contribution in [0.15, 0.2) is 23.8 Å². The molecule has 1 aliphatic carbocycles. The molecule has 6 heteroatoms. The number of rotatable bonds is 4. The van der Waals surface area contributed by atoms with E-state index in [1.807, 2.05) is 12.2 Å². The summed E-state index contributed by atoms with van der Waals surface area (Å²) in [5.41, 5.74) is 0.690. The predicted molar refractivity (Wildman–Crippen MR) is 76.4 cm³/mol. The summed E-state index contributed by atoms with van der Waals surface area (Å²) in [6, 6.07) is 0. The molecule has 0 spiro atoms. The second-order valence-electron chi connectivity index (χ2n) is 5.33. The topological polar surface area (TPSA) is 86.7 Å². The smallest absolute Gasteiger partial charge is 0.306 e. The number of hydrogen-bond acceptors (Lipinski definition) is 3. The maximum Gasteiger partial charge on any atom is 0.306 e. The van der Waals surface area contributed by atoms with Crippen LogP contribution >= 0.6 is 0 Å². The van der Waals surface area contributed by atoms with Gasteiger partial charge in [-0.1, -0.05) is 18.2 Å². The molecule has 0 bridgehead atoms. The van der Waals surface area contributed by atoms with Crippen LogP contribution in [-0.2, 0) is 14.4 Å². The number of carbonyl (C=O) groups excluding carboxylic acids is 2. The lowest BCUT2D eigenvalue weighted by molar-refractivity contribution is -0.145. The Kier molecular flexibility index (Phi) is 5.14. The van der Waals surface area contributed by atoms with Crippen LogP contribution in [0.2, 0.25) is 0 Å². The van der Waals surface area contributed by atoms with E-state index in [0.29, 0.717) is 37.9 Å². The average Bonchev–Trinajstić information content (AvgIpc) is 2.53. The molecular weight excluding hydrogens is 272 g/mol. The van der Waals surface area contributed by atoms with Crippen LogP contribution < -0.4 is 5.32 Å². The van der Waals surface area contributed by atoms with Crippen molar-refractivity contribution in [3.8, 4) is 0 Å². The van der Waals surface area contributed by atoms with E-state index in [1.165, 1.54) is 0 Å². The number of likely N-dealkylation sites (tertiary alicyclic amines) is 1. The van der Waals surface area contributed by atoms with Crippen molar-refractivity contribution < 1.29 is 19.5 Å². The first kappa shape index (κ1) is 15.3. The molecule has 2 rings (SSSR count). The number of allylic oxidation sites excluding steroid dienone is 3. The summed E-state index contributed by atoms with van der Waals surface area (Å²) >= 11 is 0. The fourth-order valence-corrected chi connectivity index (χ4v) is 2.55. The number of nitrogens with one attached hydrogen (secondary N) is 1. The summed E-state index contributed by atoms with van der Waals surface area (Å²) in [4.78, 5) is 36.3. The Labute approximate surface area is 123 Å². The molecule has 1 fully saturated rings. The fraction of sp³-hybridized carbons (Fsp3) is 0.533. The Morgan fingerprint density at radius 3 is 2.57 bits per heavy atom. The molecule has 2 amide bonds. The lowest BCUT2D eigenvalue weighted by atomic mass is 9.97. The molecule has 2 aliphatic rings. The second-order valence-corrected chi connectivity index (χ2v) is 5.33. The largest absolute Gasteiger partial charge is 0.481 e. The van der Waals surface area contributed by atoms with E-state index in [9.17, 15) is 14.4 Å². The zero-order valence-electron chi connectivity index (χ0n) is 11.9. The summed E-state index contributed by atoms with van der Waals surface area (Å²) in [5, 5.41) is 11.5. The molecule has 21 heavy (non-hydrogen) atoms. The van der Waals surface area contributed by atoms with Gasteiger partial charge < -0.3 is 15.3 Å². The summed E-state index contributed by atoms with van der Waals surface area (Å²) in [5.74, 6) is -1.51. The lowest BCUT2D eigenvalue weighted by Crippen LogP contribution is -2.45. The van der Waals surface area contributed by atoms with Crippen LogP contribution in [0.3, 0.4) is 0 Å². The minimum absolute atomic E-state index is 0.0301. The van der Waals surface area contributed by atoms with E-state index in [4.69, 9.17) is 5.11 Å². The average molecular weight is 292 g/mol. The van der Waals surface area contributed by atoms with Crippen molar-refractivity contribution in [2.45, 2.75) is 25.7 Å². The Hall–Kier alpha value is -2.11. The van der Waals surface area contributed by atoms with Gasteiger partial charge in [0.2, 0.25) is 11.8 Å².